The van der Waals surface area contributed by atoms with E-state index in [1.165, 1.54) is 11.1 Å². The minimum absolute atomic E-state index is 0.221. The van der Waals surface area contributed by atoms with Crippen molar-refractivity contribution >= 4 is 0 Å². The van der Waals surface area contributed by atoms with Crippen LogP contribution < -0.4 is 5.32 Å². The summed E-state index contributed by atoms with van der Waals surface area (Å²) in [7, 11) is 0. The Morgan fingerprint density at radius 1 is 1.10 bits per heavy atom. The van der Waals surface area contributed by atoms with Crippen LogP contribution in [-0.2, 0) is 6.42 Å². The molecule has 0 radical (unpaired) electrons. The van der Waals surface area contributed by atoms with Gasteiger partial charge in [0.15, 0.2) is 6.17 Å². The van der Waals surface area contributed by atoms with Gasteiger partial charge in [-0.2, -0.15) is 0 Å². The van der Waals surface area contributed by atoms with Gasteiger partial charge in [-0.1, -0.05) is 54.6 Å². The van der Waals surface area contributed by atoms with E-state index in [1.807, 2.05) is 18.2 Å². The highest BCUT2D eigenvalue weighted by molar-refractivity contribution is 5.34. The lowest BCUT2D eigenvalue weighted by atomic mass is 10.0. The lowest BCUT2D eigenvalue weighted by molar-refractivity contribution is 0.0745. The van der Waals surface area contributed by atoms with Gasteiger partial charge in [-0.25, -0.2) is 4.39 Å². The Hall–Kier alpha value is -1.71. The zero-order valence-electron chi connectivity index (χ0n) is 11.9. The first kappa shape index (κ1) is 14.2. The topological polar surface area (TPSA) is 32.3 Å². The first-order valence-electron chi connectivity index (χ1n) is 7.44. The summed E-state index contributed by atoms with van der Waals surface area (Å²) in [6.45, 7) is 0.259. The molecule has 1 aliphatic carbocycles. The molecular formula is C18H20FNO. The highest BCUT2D eigenvalue weighted by Crippen LogP contribution is 2.31. The summed E-state index contributed by atoms with van der Waals surface area (Å²) in [5.41, 5.74) is 3.16. The highest BCUT2D eigenvalue weighted by atomic mass is 19.1. The molecule has 0 unspecified atom stereocenters. The van der Waals surface area contributed by atoms with Crippen molar-refractivity contribution in [2.24, 2.45) is 0 Å². The number of benzene rings is 2. The second-order valence-corrected chi connectivity index (χ2v) is 5.58. The maximum absolute atomic E-state index is 14.2. The van der Waals surface area contributed by atoms with E-state index in [-0.39, 0.29) is 12.6 Å². The van der Waals surface area contributed by atoms with E-state index in [2.05, 4.69) is 17.4 Å². The Labute approximate surface area is 124 Å². The molecule has 0 aliphatic heterocycles. The molecule has 0 fully saturated rings. The van der Waals surface area contributed by atoms with Gasteiger partial charge in [0.05, 0.1) is 0 Å². The molecule has 3 rings (SSSR count). The summed E-state index contributed by atoms with van der Waals surface area (Å²) >= 11 is 0. The fraction of sp³-hybridized carbons (Fsp3) is 0.333. The number of alkyl halides is 1. The lowest BCUT2D eigenvalue weighted by Gasteiger charge is -2.20. The van der Waals surface area contributed by atoms with Crippen molar-refractivity contribution in [2.75, 3.05) is 6.54 Å². The second kappa shape index (κ2) is 6.37. The number of aliphatic hydroxyl groups is 1. The van der Waals surface area contributed by atoms with Gasteiger partial charge in [-0.05, 0) is 29.5 Å². The van der Waals surface area contributed by atoms with Crippen molar-refractivity contribution in [3.05, 3.63) is 71.3 Å². The number of hydrogen-bond acceptors (Lipinski definition) is 2. The van der Waals surface area contributed by atoms with E-state index in [4.69, 9.17) is 0 Å². The number of hydrogen-bond donors (Lipinski definition) is 2. The van der Waals surface area contributed by atoms with Crippen LogP contribution in [0.15, 0.2) is 54.6 Å². The van der Waals surface area contributed by atoms with Gasteiger partial charge in [-0.3, -0.25) is 0 Å². The van der Waals surface area contributed by atoms with Crippen LogP contribution in [-0.4, -0.2) is 17.8 Å². The summed E-state index contributed by atoms with van der Waals surface area (Å²) in [5, 5.41) is 13.3. The maximum Gasteiger partial charge on any atom is 0.152 e. The van der Waals surface area contributed by atoms with E-state index in [0.717, 1.165) is 12.8 Å². The van der Waals surface area contributed by atoms with Crippen molar-refractivity contribution in [1.82, 2.24) is 5.32 Å². The van der Waals surface area contributed by atoms with Crippen molar-refractivity contribution in [3.8, 4) is 0 Å². The molecule has 1 aliphatic rings. The summed E-state index contributed by atoms with van der Waals surface area (Å²) < 4.78 is 14.2. The quantitative estimate of drug-likeness (QED) is 0.883. The molecule has 0 spiro atoms. The highest BCUT2D eigenvalue weighted by Gasteiger charge is 2.25. The molecule has 110 valence electrons. The maximum atomic E-state index is 14.2. The standard InChI is InChI=1S/C18H20FNO/c19-18(14-7-2-1-3-8-14)17(21)12-20-16-11-10-13-6-4-5-9-15(13)16/h1-9,16-18,20-21H,10-12H2/t16-,17-,18+/m0/s1. The van der Waals surface area contributed by atoms with E-state index < -0.39 is 12.3 Å². The number of fused-ring (bicyclic) bond motifs is 1. The SMILES string of the molecule is O[C@@H](CN[C@H]1CCc2ccccc21)[C@H](F)c1ccccc1. The van der Waals surface area contributed by atoms with E-state index in [1.54, 1.807) is 24.3 Å². The predicted octanol–water partition coefficient (Wildman–Crippen LogP) is 3.34. The normalized spacial score (nSPS) is 20.0. The Morgan fingerprint density at radius 2 is 1.81 bits per heavy atom. The Balaban J connectivity index is 1.58. The number of aliphatic hydroxyl groups excluding tert-OH is 1. The fourth-order valence-corrected chi connectivity index (χ4v) is 2.99. The molecular weight excluding hydrogens is 265 g/mol. The average Bonchev–Trinajstić information content (AvgIpc) is 2.96. The van der Waals surface area contributed by atoms with Crippen molar-refractivity contribution < 1.29 is 9.50 Å². The van der Waals surface area contributed by atoms with E-state index in [9.17, 15) is 9.50 Å². The van der Waals surface area contributed by atoms with E-state index >= 15 is 0 Å². The van der Waals surface area contributed by atoms with Gasteiger partial charge in [0.25, 0.3) is 0 Å². The molecule has 0 aromatic heterocycles. The number of rotatable bonds is 5. The van der Waals surface area contributed by atoms with Gasteiger partial charge in [0, 0.05) is 12.6 Å². The van der Waals surface area contributed by atoms with Crippen LogP contribution in [0.5, 0.6) is 0 Å². The third-order valence-corrected chi connectivity index (χ3v) is 4.16. The molecule has 2 N–H and O–H groups in total. The number of aryl methyl sites for hydroxylation is 1. The smallest absolute Gasteiger partial charge is 0.152 e. The van der Waals surface area contributed by atoms with Crippen LogP contribution >= 0.6 is 0 Å². The molecule has 2 aromatic rings. The minimum Gasteiger partial charge on any atom is -0.388 e. The zero-order valence-corrected chi connectivity index (χ0v) is 11.9. The largest absolute Gasteiger partial charge is 0.388 e. The average molecular weight is 285 g/mol. The summed E-state index contributed by atoms with van der Waals surface area (Å²) in [5.74, 6) is 0. The van der Waals surface area contributed by atoms with Gasteiger partial charge >= 0.3 is 0 Å². The molecule has 0 saturated carbocycles. The molecule has 2 nitrogen and oxygen atoms in total. The van der Waals surface area contributed by atoms with Crippen LogP contribution in [0.25, 0.3) is 0 Å². The Bertz CT molecular complexity index is 587. The van der Waals surface area contributed by atoms with Crippen molar-refractivity contribution in [3.63, 3.8) is 0 Å². The van der Waals surface area contributed by atoms with Crippen LogP contribution in [0.4, 0.5) is 4.39 Å². The molecule has 3 heteroatoms. The van der Waals surface area contributed by atoms with Gasteiger partial charge in [-0.15, -0.1) is 0 Å². The summed E-state index contributed by atoms with van der Waals surface area (Å²) in [6.07, 6.45) is -0.328. The molecule has 0 bridgehead atoms. The van der Waals surface area contributed by atoms with Crippen LogP contribution in [0.2, 0.25) is 0 Å². The Morgan fingerprint density at radius 3 is 2.62 bits per heavy atom. The second-order valence-electron chi connectivity index (χ2n) is 5.58. The van der Waals surface area contributed by atoms with Gasteiger partial charge < -0.3 is 10.4 Å². The third kappa shape index (κ3) is 3.14. The molecule has 0 saturated heterocycles. The number of halogens is 1. The minimum atomic E-state index is -1.35. The van der Waals surface area contributed by atoms with Crippen LogP contribution in [0.1, 0.15) is 35.3 Å². The third-order valence-electron chi connectivity index (χ3n) is 4.16. The number of nitrogens with one attached hydrogen (secondary N) is 1. The van der Waals surface area contributed by atoms with Gasteiger partial charge in [0.1, 0.15) is 6.10 Å². The molecule has 0 amide bonds. The van der Waals surface area contributed by atoms with Crippen LogP contribution in [0.3, 0.4) is 0 Å². The first-order chi connectivity index (χ1) is 10.3. The van der Waals surface area contributed by atoms with Crippen molar-refractivity contribution in [1.29, 1.82) is 0 Å². The fourth-order valence-electron chi connectivity index (χ4n) is 2.99. The lowest BCUT2D eigenvalue weighted by Crippen LogP contribution is -2.32. The van der Waals surface area contributed by atoms with Gasteiger partial charge in [0.2, 0.25) is 0 Å². The molecule has 3 atom stereocenters. The Kier molecular flexibility index (Phi) is 4.32. The predicted molar refractivity (Wildman–Crippen MR) is 81.8 cm³/mol. The monoisotopic (exact) mass is 285 g/mol. The zero-order chi connectivity index (χ0) is 14.7. The van der Waals surface area contributed by atoms with Crippen LogP contribution in [0, 0.1) is 0 Å². The summed E-state index contributed by atoms with van der Waals surface area (Å²) in [6, 6.07) is 17.4. The molecule has 2 aromatic carbocycles. The van der Waals surface area contributed by atoms with E-state index in [0.29, 0.717) is 5.56 Å². The molecule has 0 heterocycles. The molecule has 21 heavy (non-hydrogen) atoms. The first-order valence-corrected chi connectivity index (χ1v) is 7.44. The van der Waals surface area contributed by atoms with Crippen molar-refractivity contribution in [2.45, 2.75) is 31.2 Å². The summed E-state index contributed by atoms with van der Waals surface area (Å²) in [4.78, 5) is 0.